The fraction of sp³-hybridized carbons (Fsp3) is 0.471. The first kappa shape index (κ1) is 22.6. The molecule has 0 saturated carbocycles. The van der Waals surface area contributed by atoms with Crippen molar-refractivity contribution in [1.82, 2.24) is 15.4 Å². The monoisotopic (exact) mass is 399 g/mol. The second kappa shape index (κ2) is 10.6. The molecule has 10 heteroatoms. The lowest BCUT2D eigenvalue weighted by Crippen LogP contribution is -2.46. The molecule has 0 spiro atoms. The molecule has 1 rings (SSSR count). The highest BCUT2D eigenvalue weighted by Crippen LogP contribution is 2.11. The predicted molar refractivity (Wildman–Crippen MR) is 98.5 cm³/mol. The van der Waals surface area contributed by atoms with Crippen LogP contribution >= 0.6 is 0 Å². The number of nitrogens with one attached hydrogen (secondary N) is 3. The zero-order valence-corrected chi connectivity index (χ0v) is 16.4. The molecule has 0 unspecified atom stereocenters. The molecule has 27 heavy (non-hydrogen) atoms. The molecular weight excluding hydrogens is 374 g/mol. The number of hydrogen-bond donors (Lipinski definition) is 3. The van der Waals surface area contributed by atoms with E-state index in [4.69, 9.17) is 4.74 Å². The van der Waals surface area contributed by atoms with Crippen LogP contribution in [0, 0.1) is 0 Å². The van der Waals surface area contributed by atoms with Gasteiger partial charge in [-0.2, -0.15) is 0 Å². The zero-order chi connectivity index (χ0) is 20.4. The third kappa shape index (κ3) is 7.35. The average Bonchev–Trinajstić information content (AvgIpc) is 2.64. The Kier molecular flexibility index (Phi) is 8.89. The van der Waals surface area contributed by atoms with Crippen molar-refractivity contribution in [2.45, 2.75) is 38.1 Å². The Morgan fingerprint density at radius 3 is 2.30 bits per heavy atom. The molecule has 0 saturated heterocycles. The smallest absolute Gasteiger partial charge is 0.338 e. The maximum absolute atomic E-state index is 12.0. The maximum atomic E-state index is 12.0. The number of hydrogen-bond acceptors (Lipinski definition) is 6. The van der Waals surface area contributed by atoms with Crippen LogP contribution in [0.1, 0.15) is 37.6 Å². The number of sulfonamides is 1. The number of amides is 2. The van der Waals surface area contributed by atoms with E-state index in [2.05, 4.69) is 15.4 Å². The molecule has 0 aliphatic heterocycles. The molecular formula is C17H25N3O6S. The van der Waals surface area contributed by atoms with Gasteiger partial charge >= 0.3 is 5.97 Å². The van der Waals surface area contributed by atoms with Gasteiger partial charge in [-0.15, -0.1) is 0 Å². The van der Waals surface area contributed by atoms with Gasteiger partial charge in [0.2, 0.25) is 15.9 Å². The standard InChI is InChI=1S/C17H25N3O6S/c1-4-10-18-16(22)12(3)20-15(21)11-26-17(23)13-6-8-14(9-7-13)27(24,25)19-5-2/h6-9,12,19H,4-5,10-11H2,1-3H3,(H,18,22)(H,20,21)/t12-/m1/s1. The molecule has 0 aliphatic rings. The lowest BCUT2D eigenvalue weighted by atomic mass is 10.2. The van der Waals surface area contributed by atoms with Crippen molar-refractivity contribution in [3.63, 3.8) is 0 Å². The van der Waals surface area contributed by atoms with Gasteiger partial charge in [0.05, 0.1) is 10.5 Å². The molecule has 1 aromatic rings. The molecule has 0 aliphatic carbocycles. The van der Waals surface area contributed by atoms with Crippen LogP contribution in [0.25, 0.3) is 0 Å². The summed E-state index contributed by atoms with van der Waals surface area (Å²) in [6, 6.07) is 4.39. The van der Waals surface area contributed by atoms with Crippen molar-refractivity contribution < 1.29 is 27.5 Å². The predicted octanol–water partition coefficient (Wildman–Crippen LogP) is 0.173. The van der Waals surface area contributed by atoms with Crippen LogP contribution in [0.3, 0.4) is 0 Å². The van der Waals surface area contributed by atoms with Crippen LogP contribution in [0.2, 0.25) is 0 Å². The number of carbonyl (C=O) groups is 3. The fourth-order valence-electron chi connectivity index (χ4n) is 2.01. The molecule has 9 nitrogen and oxygen atoms in total. The third-order valence-electron chi connectivity index (χ3n) is 3.39. The number of esters is 1. The van der Waals surface area contributed by atoms with E-state index in [9.17, 15) is 22.8 Å². The molecule has 150 valence electrons. The summed E-state index contributed by atoms with van der Waals surface area (Å²) in [5.41, 5.74) is 0.104. The lowest BCUT2D eigenvalue weighted by Gasteiger charge is -2.13. The van der Waals surface area contributed by atoms with Crippen molar-refractivity contribution in [3.05, 3.63) is 29.8 Å². The van der Waals surface area contributed by atoms with E-state index in [1.54, 1.807) is 6.92 Å². The van der Waals surface area contributed by atoms with Gasteiger partial charge < -0.3 is 15.4 Å². The van der Waals surface area contributed by atoms with E-state index in [1.165, 1.54) is 31.2 Å². The lowest BCUT2D eigenvalue weighted by molar-refractivity contribution is -0.130. The van der Waals surface area contributed by atoms with Gasteiger partial charge in [-0.3, -0.25) is 9.59 Å². The molecule has 0 radical (unpaired) electrons. The van der Waals surface area contributed by atoms with E-state index >= 15 is 0 Å². The van der Waals surface area contributed by atoms with Crippen LogP contribution in [-0.2, 0) is 24.3 Å². The number of carbonyl (C=O) groups excluding carboxylic acids is 3. The molecule has 0 heterocycles. The molecule has 0 fully saturated rings. The van der Waals surface area contributed by atoms with Gasteiger partial charge in [-0.25, -0.2) is 17.9 Å². The number of rotatable bonds is 10. The summed E-state index contributed by atoms with van der Waals surface area (Å²) in [7, 11) is -3.61. The molecule has 3 N–H and O–H groups in total. The first-order valence-electron chi connectivity index (χ1n) is 8.55. The summed E-state index contributed by atoms with van der Waals surface area (Å²) in [5, 5.41) is 5.06. The van der Waals surface area contributed by atoms with Crippen molar-refractivity contribution in [3.8, 4) is 0 Å². The minimum absolute atomic E-state index is 0.0190. The highest BCUT2D eigenvalue weighted by molar-refractivity contribution is 7.89. The molecule has 1 aromatic carbocycles. The van der Waals surface area contributed by atoms with Crippen molar-refractivity contribution in [2.75, 3.05) is 19.7 Å². The Balaban J connectivity index is 2.54. The van der Waals surface area contributed by atoms with E-state index in [1.807, 2.05) is 6.92 Å². The van der Waals surface area contributed by atoms with Crippen LogP contribution in [0.15, 0.2) is 29.2 Å². The summed E-state index contributed by atoms with van der Waals surface area (Å²) in [5.74, 6) is -1.72. The van der Waals surface area contributed by atoms with Gasteiger partial charge in [0.25, 0.3) is 5.91 Å². The quantitative estimate of drug-likeness (QED) is 0.481. The van der Waals surface area contributed by atoms with Gasteiger partial charge in [0, 0.05) is 13.1 Å². The minimum Gasteiger partial charge on any atom is -0.452 e. The third-order valence-corrected chi connectivity index (χ3v) is 4.95. The molecule has 2 amide bonds. The van der Waals surface area contributed by atoms with E-state index in [0.29, 0.717) is 6.54 Å². The Bertz CT molecular complexity index is 761. The fourth-order valence-corrected chi connectivity index (χ4v) is 3.05. The number of benzene rings is 1. The zero-order valence-electron chi connectivity index (χ0n) is 15.6. The Morgan fingerprint density at radius 1 is 1.11 bits per heavy atom. The summed E-state index contributed by atoms with van der Waals surface area (Å²) < 4.78 is 30.9. The van der Waals surface area contributed by atoms with Crippen molar-refractivity contribution >= 4 is 27.8 Å². The Labute approximate surface area is 158 Å². The summed E-state index contributed by atoms with van der Waals surface area (Å²) in [6.45, 7) is 5.29. The van der Waals surface area contributed by atoms with Gasteiger partial charge in [-0.1, -0.05) is 13.8 Å². The minimum atomic E-state index is -3.61. The Hall–Kier alpha value is -2.46. The first-order valence-corrected chi connectivity index (χ1v) is 10.0. The summed E-state index contributed by atoms with van der Waals surface area (Å²) in [6.07, 6.45) is 0.776. The van der Waals surface area contributed by atoms with Gasteiger partial charge in [-0.05, 0) is 37.6 Å². The molecule has 0 aromatic heterocycles. The van der Waals surface area contributed by atoms with Crippen LogP contribution in [0.5, 0.6) is 0 Å². The Morgan fingerprint density at radius 2 is 1.74 bits per heavy atom. The maximum Gasteiger partial charge on any atom is 0.338 e. The van der Waals surface area contributed by atoms with Crippen LogP contribution < -0.4 is 15.4 Å². The average molecular weight is 399 g/mol. The second-order valence-corrected chi connectivity index (χ2v) is 7.45. The second-order valence-electron chi connectivity index (χ2n) is 5.68. The topological polar surface area (TPSA) is 131 Å². The van der Waals surface area contributed by atoms with Crippen LogP contribution in [-0.4, -0.2) is 51.9 Å². The summed E-state index contributed by atoms with van der Waals surface area (Å²) in [4.78, 5) is 35.4. The molecule has 1 atom stereocenters. The SMILES string of the molecule is CCCNC(=O)[C@@H](C)NC(=O)COC(=O)c1ccc(S(=O)(=O)NCC)cc1. The van der Waals surface area contributed by atoms with E-state index in [-0.39, 0.29) is 22.9 Å². The first-order chi connectivity index (χ1) is 12.7. The number of ether oxygens (including phenoxy) is 1. The summed E-state index contributed by atoms with van der Waals surface area (Å²) >= 11 is 0. The van der Waals surface area contributed by atoms with Crippen molar-refractivity contribution in [2.24, 2.45) is 0 Å². The molecule has 0 bridgehead atoms. The van der Waals surface area contributed by atoms with E-state index < -0.39 is 34.5 Å². The van der Waals surface area contributed by atoms with Crippen LogP contribution in [0.4, 0.5) is 0 Å². The van der Waals surface area contributed by atoms with Gasteiger partial charge in [0.1, 0.15) is 6.04 Å². The van der Waals surface area contributed by atoms with Crippen molar-refractivity contribution in [1.29, 1.82) is 0 Å². The normalized spacial score (nSPS) is 12.1. The highest BCUT2D eigenvalue weighted by atomic mass is 32.2. The van der Waals surface area contributed by atoms with Gasteiger partial charge in [0.15, 0.2) is 6.61 Å². The van der Waals surface area contributed by atoms with E-state index in [0.717, 1.165) is 6.42 Å². The largest absolute Gasteiger partial charge is 0.452 e. The highest BCUT2D eigenvalue weighted by Gasteiger charge is 2.17.